The van der Waals surface area contributed by atoms with Crippen LogP contribution >= 0.6 is 27.3 Å². The highest BCUT2D eigenvalue weighted by atomic mass is 79.9. The molecule has 0 bridgehead atoms. The van der Waals surface area contributed by atoms with Crippen molar-refractivity contribution >= 4 is 27.3 Å². The van der Waals surface area contributed by atoms with Gasteiger partial charge in [-0.3, -0.25) is 0 Å². The molecule has 2 nitrogen and oxygen atoms in total. The fourth-order valence-corrected chi connectivity index (χ4v) is 2.75. The maximum absolute atomic E-state index is 5.37. The second-order valence-corrected chi connectivity index (χ2v) is 5.22. The Kier molecular flexibility index (Phi) is 2.80. The van der Waals surface area contributed by atoms with E-state index >= 15 is 0 Å². The molecule has 1 aromatic heterocycles. The van der Waals surface area contributed by atoms with E-state index in [-0.39, 0.29) is 0 Å². The third-order valence-corrected chi connectivity index (χ3v) is 3.60. The molecule has 12 heavy (non-hydrogen) atoms. The molecule has 1 N–H and O–H groups in total. The minimum atomic E-state index is 0.398. The van der Waals surface area contributed by atoms with Gasteiger partial charge < -0.3 is 10.1 Å². The first-order valence-corrected chi connectivity index (χ1v) is 5.53. The van der Waals surface area contributed by atoms with Crippen LogP contribution in [-0.2, 0) is 4.74 Å². The van der Waals surface area contributed by atoms with Gasteiger partial charge in [-0.1, -0.05) is 0 Å². The molecule has 66 valence electrons. The highest BCUT2D eigenvalue weighted by Gasteiger charge is 2.16. The van der Waals surface area contributed by atoms with Gasteiger partial charge in [-0.25, -0.2) is 0 Å². The van der Waals surface area contributed by atoms with Gasteiger partial charge >= 0.3 is 0 Å². The van der Waals surface area contributed by atoms with E-state index in [2.05, 4.69) is 33.4 Å². The van der Waals surface area contributed by atoms with Crippen LogP contribution in [-0.4, -0.2) is 19.8 Å². The maximum Gasteiger partial charge on any atom is 0.0702 e. The Hall–Kier alpha value is 0.1000. The van der Waals surface area contributed by atoms with Crippen LogP contribution in [0.5, 0.6) is 0 Å². The lowest BCUT2D eigenvalue weighted by Crippen LogP contribution is -2.33. The van der Waals surface area contributed by atoms with E-state index in [4.69, 9.17) is 4.74 Å². The number of hydrogen-bond donors (Lipinski definition) is 1. The van der Waals surface area contributed by atoms with Crippen molar-refractivity contribution in [1.82, 2.24) is 5.32 Å². The van der Waals surface area contributed by atoms with Crippen molar-refractivity contribution in [3.63, 3.8) is 0 Å². The topological polar surface area (TPSA) is 21.3 Å². The molecule has 1 atom stereocenters. The number of hydrogen-bond acceptors (Lipinski definition) is 3. The molecular weight excluding hydrogens is 238 g/mol. The van der Waals surface area contributed by atoms with E-state index in [1.807, 2.05) is 0 Å². The van der Waals surface area contributed by atoms with Crippen molar-refractivity contribution in [2.75, 3.05) is 19.8 Å². The normalized spacial score (nSPS) is 24.2. The lowest BCUT2D eigenvalue weighted by molar-refractivity contribution is 0.0779. The Morgan fingerprint density at radius 2 is 2.50 bits per heavy atom. The van der Waals surface area contributed by atoms with E-state index in [0.29, 0.717) is 6.04 Å². The molecule has 0 radical (unpaired) electrons. The molecule has 1 aromatic rings. The van der Waals surface area contributed by atoms with Gasteiger partial charge in [0.05, 0.1) is 23.0 Å². The molecule has 0 unspecified atom stereocenters. The summed E-state index contributed by atoms with van der Waals surface area (Å²) in [6.07, 6.45) is 0. The molecule has 4 heteroatoms. The number of halogens is 1. The minimum absolute atomic E-state index is 0.398. The van der Waals surface area contributed by atoms with E-state index in [1.165, 1.54) is 8.66 Å². The van der Waals surface area contributed by atoms with E-state index in [1.54, 1.807) is 11.3 Å². The Bertz CT molecular complexity index is 257. The predicted octanol–water partition coefficient (Wildman–Crippen LogP) is 2.17. The van der Waals surface area contributed by atoms with Crippen molar-refractivity contribution in [2.45, 2.75) is 6.04 Å². The molecule has 2 heterocycles. The van der Waals surface area contributed by atoms with Gasteiger partial charge in [-0.2, -0.15) is 0 Å². The quantitative estimate of drug-likeness (QED) is 0.822. The van der Waals surface area contributed by atoms with Crippen molar-refractivity contribution in [1.29, 1.82) is 0 Å². The van der Waals surface area contributed by atoms with Crippen molar-refractivity contribution < 1.29 is 4.74 Å². The molecule has 1 aliphatic heterocycles. The van der Waals surface area contributed by atoms with Gasteiger partial charge in [-0.05, 0) is 28.1 Å². The van der Waals surface area contributed by atoms with Gasteiger partial charge in [0.25, 0.3) is 0 Å². The molecule has 1 aliphatic rings. The highest BCUT2D eigenvalue weighted by Crippen LogP contribution is 2.28. The zero-order valence-corrected chi connectivity index (χ0v) is 8.95. The molecule has 1 fully saturated rings. The summed E-state index contributed by atoms with van der Waals surface area (Å²) in [6.45, 7) is 2.59. The van der Waals surface area contributed by atoms with Crippen LogP contribution in [0.2, 0.25) is 0 Å². The zero-order chi connectivity index (χ0) is 8.39. The van der Waals surface area contributed by atoms with Crippen molar-refractivity contribution in [3.8, 4) is 0 Å². The van der Waals surface area contributed by atoms with Crippen LogP contribution in [0.25, 0.3) is 0 Å². The SMILES string of the molecule is Brc1ccc([C@@H]2COCCN2)s1. The van der Waals surface area contributed by atoms with E-state index in [9.17, 15) is 0 Å². The fraction of sp³-hybridized carbons (Fsp3) is 0.500. The lowest BCUT2D eigenvalue weighted by atomic mass is 10.2. The highest BCUT2D eigenvalue weighted by molar-refractivity contribution is 9.11. The Balaban J connectivity index is 2.08. The van der Waals surface area contributed by atoms with Crippen molar-refractivity contribution in [3.05, 3.63) is 20.8 Å². The van der Waals surface area contributed by atoms with Gasteiger partial charge in [-0.15, -0.1) is 11.3 Å². The van der Waals surface area contributed by atoms with Crippen LogP contribution in [0.1, 0.15) is 10.9 Å². The first-order valence-electron chi connectivity index (χ1n) is 3.92. The first-order chi connectivity index (χ1) is 5.86. The largest absolute Gasteiger partial charge is 0.378 e. The standard InChI is InChI=1S/C8H10BrNOS/c9-8-2-1-7(12-8)6-5-11-4-3-10-6/h1-2,6,10H,3-5H2/t6-/m0/s1. The van der Waals surface area contributed by atoms with Crippen LogP contribution in [0.3, 0.4) is 0 Å². The number of ether oxygens (including phenoxy) is 1. The molecule has 2 rings (SSSR count). The summed E-state index contributed by atoms with van der Waals surface area (Å²) < 4.78 is 6.56. The van der Waals surface area contributed by atoms with Gasteiger partial charge in [0.15, 0.2) is 0 Å². The summed E-state index contributed by atoms with van der Waals surface area (Å²) in [7, 11) is 0. The summed E-state index contributed by atoms with van der Waals surface area (Å²) in [6, 6.07) is 4.62. The van der Waals surface area contributed by atoms with Crippen LogP contribution in [0, 0.1) is 0 Å². The van der Waals surface area contributed by atoms with Crippen LogP contribution in [0.15, 0.2) is 15.9 Å². The van der Waals surface area contributed by atoms with Crippen molar-refractivity contribution in [2.24, 2.45) is 0 Å². The first kappa shape index (κ1) is 8.69. The summed E-state index contributed by atoms with van der Waals surface area (Å²) >= 11 is 5.22. The third-order valence-electron chi connectivity index (χ3n) is 1.86. The summed E-state index contributed by atoms with van der Waals surface area (Å²) in [5.41, 5.74) is 0. The monoisotopic (exact) mass is 247 g/mol. The summed E-state index contributed by atoms with van der Waals surface area (Å²) in [4.78, 5) is 1.35. The molecule has 0 aliphatic carbocycles. The number of nitrogens with one attached hydrogen (secondary N) is 1. The van der Waals surface area contributed by atoms with E-state index in [0.717, 1.165) is 19.8 Å². The van der Waals surface area contributed by atoms with Gasteiger partial charge in [0, 0.05) is 11.4 Å². The van der Waals surface area contributed by atoms with Crippen LogP contribution < -0.4 is 5.32 Å². The predicted molar refractivity (Wildman–Crippen MR) is 53.6 cm³/mol. The molecule has 0 spiro atoms. The smallest absolute Gasteiger partial charge is 0.0702 e. The molecular formula is C8H10BrNOS. The summed E-state index contributed by atoms with van der Waals surface area (Å²) in [5.74, 6) is 0. The number of rotatable bonds is 1. The molecule has 1 saturated heterocycles. The molecule has 0 saturated carbocycles. The lowest BCUT2D eigenvalue weighted by Gasteiger charge is -2.22. The van der Waals surface area contributed by atoms with Gasteiger partial charge in [0.2, 0.25) is 0 Å². The second-order valence-electron chi connectivity index (χ2n) is 2.72. The Labute approximate surface area is 84.1 Å². The second kappa shape index (κ2) is 3.87. The third kappa shape index (κ3) is 1.88. The van der Waals surface area contributed by atoms with Gasteiger partial charge in [0.1, 0.15) is 0 Å². The van der Waals surface area contributed by atoms with E-state index < -0.39 is 0 Å². The Morgan fingerprint density at radius 3 is 3.08 bits per heavy atom. The number of morpholine rings is 1. The van der Waals surface area contributed by atoms with Crippen LogP contribution in [0.4, 0.5) is 0 Å². The average molecular weight is 248 g/mol. The summed E-state index contributed by atoms with van der Waals surface area (Å²) in [5, 5.41) is 3.41. The average Bonchev–Trinajstić information content (AvgIpc) is 2.54. The number of thiophene rings is 1. The fourth-order valence-electron chi connectivity index (χ4n) is 1.26. The Morgan fingerprint density at radius 1 is 1.58 bits per heavy atom. The maximum atomic E-state index is 5.37. The minimum Gasteiger partial charge on any atom is -0.378 e. The molecule has 0 aromatic carbocycles. The zero-order valence-electron chi connectivity index (χ0n) is 6.55. The molecule has 0 amide bonds.